The van der Waals surface area contributed by atoms with Crippen molar-refractivity contribution in [3.8, 4) is 40.1 Å². The molecule has 2 amide bonds. The van der Waals surface area contributed by atoms with Crippen molar-refractivity contribution in [3.63, 3.8) is 0 Å². The fourth-order valence-corrected chi connectivity index (χ4v) is 8.14. The minimum Gasteiger partial charge on any atom is -0.492 e. The molecular weight excluding hydrogens is 837 g/mol. The zero-order chi connectivity index (χ0) is 48.1. The molecule has 0 fully saturated rings. The van der Waals surface area contributed by atoms with Crippen LogP contribution in [0.15, 0.2) is 66.9 Å². The Bertz CT molecular complexity index is 2420. The Balaban J connectivity index is 1.57. The second-order valence-electron chi connectivity index (χ2n) is 17.9. The van der Waals surface area contributed by atoms with Crippen LogP contribution in [0.5, 0.6) is 11.5 Å². The van der Waals surface area contributed by atoms with E-state index in [1.54, 1.807) is 44.2 Å². The van der Waals surface area contributed by atoms with E-state index in [0.29, 0.717) is 51.7 Å². The largest absolute Gasteiger partial charge is 0.492 e. The van der Waals surface area contributed by atoms with Crippen LogP contribution < -0.4 is 32.0 Å². The highest BCUT2D eigenvalue weighted by Crippen LogP contribution is 2.41. The topological polar surface area (TPSA) is 247 Å². The Labute approximate surface area is 387 Å². The molecule has 0 spiro atoms. The van der Waals surface area contributed by atoms with Crippen LogP contribution in [0.2, 0.25) is 0 Å². The molecule has 0 saturated heterocycles. The van der Waals surface area contributed by atoms with Gasteiger partial charge in [-0.25, -0.2) is 9.97 Å². The smallest absolute Gasteiger partial charge is 0.226 e. The molecule has 1 aliphatic heterocycles. The van der Waals surface area contributed by atoms with E-state index in [9.17, 15) is 29.2 Å². The van der Waals surface area contributed by atoms with E-state index in [2.05, 4.69) is 36.1 Å². The summed E-state index contributed by atoms with van der Waals surface area (Å²) >= 11 is 0. The van der Waals surface area contributed by atoms with Crippen LogP contribution in [-0.2, 0) is 31.0 Å². The van der Waals surface area contributed by atoms with E-state index in [1.807, 2.05) is 36.4 Å². The van der Waals surface area contributed by atoms with Crippen molar-refractivity contribution >= 4 is 29.2 Å². The molecule has 0 aliphatic carbocycles. The maximum absolute atomic E-state index is 14.9. The highest BCUT2D eigenvalue weighted by atomic mass is 16.5. The Morgan fingerprint density at radius 1 is 0.924 bits per heavy atom. The number of aromatic nitrogens is 2. The lowest BCUT2D eigenvalue weighted by Gasteiger charge is -2.32. The molecule has 7 N–H and O–H groups in total. The first kappa shape index (κ1) is 50.7. The van der Waals surface area contributed by atoms with Gasteiger partial charge < -0.3 is 36.9 Å². The number of Topliss-reactive ketones (excluding diaryl/α,β-unsaturated/α-hetero) is 3. The lowest BCUT2D eigenvalue weighted by molar-refractivity contribution is -0.142. The minimum atomic E-state index is -1.23. The second-order valence-corrected chi connectivity index (χ2v) is 17.9. The number of rotatable bonds is 18. The van der Waals surface area contributed by atoms with Crippen molar-refractivity contribution < 1.29 is 33.4 Å². The summed E-state index contributed by atoms with van der Waals surface area (Å²) in [5.74, 6) is -2.58. The highest BCUT2D eigenvalue weighted by molar-refractivity contribution is 6.00. The number of nitrogens with one attached hydrogen (secondary N) is 1. The first-order valence-electron chi connectivity index (χ1n) is 22.6. The number of nitrogens with zero attached hydrogens (tertiary/aromatic N) is 4. The van der Waals surface area contributed by atoms with Gasteiger partial charge in [0.15, 0.2) is 23.2 Å². The number of nitriles is 1. The van der Waals surface area contributed by atoms with Crippen LogP contribution in [-0.4, -0.2) is 90.0 Å². The van der Waals surface area contributed by atoms with E-state index >= 15 is 0 Å². The first-order valence-corrected chi connectivity index (χ1v) is 22.6. The van der Waals surface area contributed by atoms with Crippen molar-refractivity contribution in [2.45, 2.75) is 97.1 Å². The molecule has 5 rings (SSSR count). The quantitative estimate of drug-likeness (QED) is 0.0873. The lowest BCUT2D eigenvalue weighted by Crippen LogP contribution is -2.45. The van der Waals surface area contributed by atoms with Crippen molar-refractivity contribution in [1.82, 2.24) is 20.2 Å². The molecular formula is C51H64N8O7. The highest BCUT2D eigenvalue weighted by Gasteiger charge is 2.36. The fraction of sp³-hybridized carbons (Fsp3) is 0.451. The van der Waals surface area contributed by atoms with E-state index in [4.69, 9.17) is 26.7 Å². The van der Waals surface area contributed by atoms with E-state index in [-0.39, 0.29) is 93.9 Å². The van der Waals surface area contributed by atoms with Crippen LogP contribution >= 0.6 is 0 Å². The SMILES string of the molecule is Cc1nc(-c2ccc(C(C)(C)C)cc2)ncc1C(=O)C[C@@H](CCCN)C(=O)N(C)[C@@H]1C(=O)C[C@@H](C)C(=O)N[C@H](C(=O)CCC#N)Cc2ccc(OCCN)c(c2)-c2cc1ccc2OCCN. The third-order valence-electron chi connectivity index (χ3n) is 11.9. The summed E-state index contributed by atoms with van der Waals surface area (Å²) in [5.41, 5.74) is 22.5. The molecule has 350 valence electrons. The van der Waals surface area contributed by atoms with Crippen molar-refractivity contribution in [2.24, 2.45) is 29.0 Å². The van der Waals surface area contributed by atoms with Gasteiger partial charge in [0.25, 0.3) is 0 Å². The summed E-state index contributed by atoms with van der Waals surface area (Å²) in [6.45, 7) is 10.8. The van der Waals surface area contributed by atoms with Gasteiger partial charge in [0.1, 0.15) is 30.8 Å². The summed E-state index contributed by atoms with van der Waals surface area (Å²) in [6, 6.07) is 18.3. The maximum Gasteiger partial charge on any atom is 0.226 e. The van der Waals surface area contributed by atoms with E-state index < -0.39 is 41.5 Å². The number of fused-ring (bicyclic) bond motifs is 5. The van der Waals surface area contributed by atoms with Gasteiger partial charge in [-0.15, -0.1) is 0 Å². The number of benzene rings is 3. The number of aryl methyl sites for hydroxylation is 1. The Kier molecular flexibility index (Phi) is 17.8. The normalized spacial score (nSPS) is 16.9. The molecule has 1 aliphatic rings. The van der Waals surface area contributed by atoms with Crippen molar-refractivity contribution in [1.29, 1.82) is 5.26 Å². The molecule has 1 aromatic heterocycles. The summed E-state index contributed by atoms with van der Waals surface area (Å²) in [6.07, 6.45) is 1.69. The summed E-state index contributed by atoms with van der Waals surface area (Å²) in [4.78, 5) is 81.6. The predicted molar refractivity (Wildman–Crippen MR) is 252 cm³/mol. The summed E-state index contributed by atoms with van der Waals surface area (Å²) in [7, 11) is 1.52. The number of ether oxygens (including phenoxy) is 2. The maximum atomic E-state index is 14.9. The molecule has 3 aromatic carbocycles. The van der Waals surface area contributed by atoms with Crippen molar-refractivity contribution in [3.05, 3.63) is 94.8 Å². The van der Waals surface area contributed by atoms with Gasteiger partial charge in [0, 0.05) is 80.5 Å². The average Bonchev–Trinajstić information content (AvgIpc) is 3.29. The molecule has 0 radical (unpaired) electrons. The van der Waals surface area contributed by atoms with Crippen LogP contribution in [0.25, 0.3) is 22.5 Å². The third kappa shape index (κ3) is 12.7. The molecule has 0 unspecified atom stereocenters. The summed E-state index contributed by atoms with van der Waals surface area (Å²) < 4.78 is 12.3. The number of carbonyl (C=O) groups is 5. The average molecular weight is 901 g/mol. The first-order chi connectivity index (χ1) is 31.5. The van der Waals surface area contributed by atoms with Gasteiger partial charge in [-0.1, -0.05) is 64.1 Å². The molecule has 4 aromatic rings. The zero-order valence-corrected chi connectivity index (χ0v) is 39.0. The zero-order valence-electron chi connectivity index (χ0n) is 39.0. The number of carbonyl (C=O) groups excluding carboxylic acids is 5. The Morgan fingerprint density at radius 3 is 2.18 bits per heavy atom. The summed E-state index contributed by atoms with van der Waals surface area (Å²) in [5, 5.41) is 12.1. The Hall–Kier alpha value is -6.34. The van der Waals surface area contributed by atoms with Crippen molar-refractivity contribution in [2.75, 3.05) is 39.9 Å². The van der Waals surface area contributed by atoms with Gasteiger partial charge >= 0.3 is 0 Å². The molecule has 2 heterocycles. The van der Waals surface area contributed by atoms with E-state index in [0.717, 1.165) is 11.1 Å². The van der Waals surface area contributed by atoms with Gasteiger partial charge in [-0.05, 0) is 79.1 Å². The number of nitrogens with two attached hydrogens (primary N) is 3. The number of hydrogen-bond acceptors (Lipinski definition) is 13. The van der Waals surface area contributed by atoms with Gasteiger partial charge in [0.05, 0.1) is 23.4 Å². The van der Waals surface area contributed by atoms with E-state index in [1.165, 1.54) is 18.1 Å². The third-order valence-corrected chi connectivity index (χ3v) is 11.9. The lowest BCUT2D eigenvalue weighted by atomic mass is 9.86. The monoisotopic (exact) mass is 900 g/mol. The minimum absolute atomic E-state index is 0.0260. The molecule has 15 heteroatoms. The molecule has 66 heavy (non-hydrogen) atoms. The van der Waals surface area contributed by atoms with Gasteiger partial charge in [-0.2, -0.15) is 5.26 Å². The second kappa shape index (κ2) is 23.2. The molecule has 4 bridgehead atoms. The van der Waals surface area contributed by atoms with Crippen LogP contribution in [0.3, 0.4) is 0 Å². The molecule has 15 nitrogen and oxygen atoms in total. The van der Waals surface area contributed by atoms with Gasteiger partial charge in [-0.3, -0.25) is 24.0 Å². The number of likely N-dealkylation sites (N-methyl/N-ethyl adjacent to an activating group) is 1. The standard InChI is InChI=1S/C51H64N8O7/c1-31-25-44(62)47(59(6)50(64)36(9-7-19-52)29-43(61)40-30-56-48(57-32(40)2)34-12-15-37(16-13-34)51(3,4)5)35-14-18-46(66-24-22-55)39(28-35)38-26-33(11-17-45(38)65-23-21-54)27-41(58-49(31)63)42(60)10-8-20-53/h11-18,26,28,30-31,36,41,47H,7-10,19,21-25,27,29,52,54-55H2,1-6H3,(H,58,63)/t31-,36-,41+,47+/m1/s1. The van der Waals surface area contributed by atoms with Crippen LogP contribution in [0, 0.1) is 30.1 Å². The van der Waals surface area contributed by atoms with Crippen LogP contribution in [0.1, 0.15) is 105 Å². The fourth-order valence-electron chi connectivity index (χ4n) is 8.14. The number of hydrogen-bond donors (Lipinski definition) is 4. The molecule has 0 saturated carbocycles. The number of ketones is 3. The van der Waals surface area contributed by atoms with Crippen LogP contribution in [0.4, 0.5) is 0 Å². The van der Waals surface area contributed by atoms with Gasteiger partial charge in [0.2, 0.25) is 11.8 Å². The predicted octanol–water partition coefficient (Wildman–Crippen LogP) is 5.73. The Morgan fingerprint density at radius 2 is 1.58 bits per heavy atom. The molecule has 4 atom stereocenters. The number of amides is 2.